The number of aromatic nitrogens is 2. The molecule has 0 unspecified atom stereocenters. The summed E-state index contributed by atoms with van der Waals surface area (Å²) in [5.74, 6) is 0.789. The van der Waals surface area contributed by atoms with Gasteiger partial charge in [0.1, 0.15) is 11.5 Å². The molecular formula is C15H22N4O3. The number of fused-ring (bicyclic) bond motifs is 1. The zero-order chi connectivity index (χ0) is 15.5. The fourth-order valence-corrected chi connectivity index (χ4v) is 3.40. The molecule has 2 aliphatic rings. The molecular weight excluding hydrogens is 284 g/mol. The SMILES string of the molecule is O=C(NO)c1cn2c(n1)CN(C(=O)CC1CCCCC1)CC2. The molecule has 1 aliphatic carbocycles. The number of hydrogen-bond donors (Lipinski definition) is 2. The average molecular weight is 306 g/mol. The normalized spacial score (nSPS) is 18.9. The highest BCUT2D eigenvalue weighted by Crippen LogP contribution is 2.27. The van der Waals surface area contributed by atoms with Crippen LogP contribution in [0.1, 0.15) is 54.8 Å². The third kappa shape index (κ3) is 3.14. The van der Waals surface area contributed by atoms with E-state index in [1.807, 2.05) is 9.47 Å². The van der Waals surface area contributed by atoms with Gasteiger partial charge >= 0.3 is 0 Å². The second-order valence-electron chi connectivity index (χ2n) is 6.20. The summed E-state index contributed by atoms with van der Waals surface area (Å²) < 4.78 is 1.87. The van der Waals surface area contributed by atoms with Gasteiger partial charge in [-0.25, -0.2) is 10.5 Å². The minimum absolute atomic E-state index is 0.180. The van der Waals surface area contributed by atoms with Crippen LogP contribution in [0.3, 0.4) is 0 Å². The van der Waals surface area contributed by atoms with E-state index in [0.717, 1.165) is 12.8 Å². The number of rotatable bonds is 3. The lowest BCUT2D eigenvalue weighted by molar-refractivity contribution is -0.134. The summed E-state index contributed by atoms with van der Waals surface area (Å²) in [5.41, 5.74) is 1.76. The van der Waals surface area contributed by atoms with E-state index in [2.05, 4.69) is 4.98 Å². The molecule has 7 heteroatoms. The maximum absolute atomic E-state index is 12.4. The molecule has 0 atom stereocenters. The quantitative estimate of drug-likeness (QED) is 0.651. The summed E-state index contributed by atoms with van der Waals surface area (Å²) >= 11 is 0. The van der Waals surface area contributed by atoms with Gasteiger partial charge in [-0.2, -0.15) is 0 Å². The molecule has 1 aromatic rings. The van der Waals surface area contributed by atoms with Crippen LogP contribution in [0.15, 0.2) is 6.20 Å². The Bertz CT molecular complexity index is 563. The molecule has 1 aliphatic heterocycles. The molecule has 1 fully saturated rings. The van der Waals surface area contributed by atoms with Gasteiger partial charge in [0.25, 0.3) is 5.91 Å². The van der Waals surface area contributed by atoms with Crippen LogP contribution in [0, 0.1) is 5.92 Å². The van der Waals surface area contributed by atoms with Crippen molar-refractivity contribution in [2.45, 2.75) is 51.6 Å². The van der Waals surface area contributed by atoms with Crippen molar-refractivity contribution >= 4 is 11.8 Å². The highest BCUT2D eigenvalue weighted by atomic mass is 16.5. The lowest BCUT2D eigenvalue weighted by Gasteiger charge is -2.30. The largest absolute Gasteiger partial charge is 0.333 e. The van der Waals surface area contributed by atoms with Crippen molar-refractivity contribution in [3.63, 3.8) is 0 Å². The van der Waals surface area contributed by atoms with Crippen molar-refractivity contribution < 1.29 is 14.8 Å². The zero-order valence-corrected chi connectivity index (χ0v) is 12.6. The Morgan fingerprint density at radius 3 is 2.77 bits per heavy atom. The van der Waals surface area contributed by atoms with Gasteiger partial charge in [-0.3, -0.25) is 14.8 Å². The number of amides is 2. The summed E-state index contributed by atoms with van der Waals surface area (Å²) in [6.45, 7) is 1.72. The van der Waals surface area contributed by atoms with Crippen molar-refractivity contribution in [1.29, 1.82) is 0 Å². The molecule has 2 heterocycles. The number of hydroxylamine groups is 1. The van der Waals surface area contributed by atoms with Crippen molar-refractivity contribution in [2.24, 2.45) is 5.92 Å². The Balaban J connectivity index is 1.62. The molecule has 3 rings (SSSR count). The van der Waals surface area contributed by atoms with Crippen LogP contribution in [-0.2, 0) is 17.9 Å². The van der Waals surface area contributed by atoms with Gasteiger partial charge in [0.15, 0.2) is 0 Å². The summed E-state index contributed by atoms with van der Waals surface area (Å²) in [5, 5.41) is 8.66. The summed E-state index contributed by atoms with van der Waals surface area (Å²) in [4.78, 5) is 29.9. The molecule has 0 bridgehead atoms. The number of carbonyl (C=O) groups excluding carboxylic acids is 2. The lowest BCUT2D eigenvalue weighted by Crippen LogP contribution is -2.39. The minimum atomic E-state index is -0.623. The number of imidazole rings is 1. The van der Waals surface area contributed by atoms with Gasteiger partial charge in [0.2, 0.25) is 5.91 Å². The molecule has 0 saturated heterocycles. The Kier molecular flexibility index (Phi) is 4.42. The van der Waals surface area contributed by atoms with Crippen LogP contribution in [0.2, 0.25) is 0 Å². The highest BCUT2D eigenvalue weighted by molar-refractivity contribution is 5.91. The highest BCUT2D eigenvalue weighted by Gasteiger charge is 2.26. The van der Waals surface area contributed by atoms with Crippen LogP contribution in [-0.4, -0.2) is 38.0 Å². The van der Waals surface area contributed by atoms with Crippen molar-refractivity contribution in [3.8, 4) is 0 Å². The predicted molar refractivity (Wildman–Crippen MR) is 78.1 cm³/mol. The Morgan fingerprint density at radius 1 is 1.27 bits per heavy atom. The first kappa shape index (κ1) is 15.0. The second kappa shape index (κ2) is 6.48. The second-order valence-corrected chi connectivity index (χ2v) is 6.20. The van der Waals surface area contributed by atoms with Crippen molar-refractivity contribution in [2.75, 3.05) is 6.54 Å². The monoisotopic (exact) mass is 306 g/mol. The van der Waals surface area contributed by atoms with Gasteiger partial charge in [0.05, 0.1) is 6.54 Å². The number of nitrogens with zero attached hydrogens (tertiary/aromatic N) is 3. The molecule has 2 amide bonds. The summed E-state index contributed by atoms with van der Waals surface area (Å²) in [6, 6.07) is 0. The van der Waals surface area contributed by atoms with Gasteiger partial charge in [-0.15, -0.1) is 0 Å². The molecule has 0 spiro atoms. The molecule has 1 saturated carbocycles. The van der Waals surface area contributed by atoms with E-state index in [9.17, 15) is 9.59 Å². The first-order valence-electron chi connectivity index (χ1n) is 7.95. The first-order chi connectivity index (χ1) is 10.7. The van der Waals surface area contributed by atoms with E-state index in [4.69, 9.17) is 5.21 Å². The molecule has 1 aromatic heterocycles. The standard InChI is InChI=1S/C15H22N4O3/c20-14(8-11-4-2-1-3-5-11)19-7-6-18-9-12(15(21)17-22)16-13(18)10-19/h9,11,22H,1-8,10H2,(H,17,21). The van der Waals surface area contributed by atoms with Crippen LogP contribution in [0.5, 0.6) is 0 Å². The van der Waals surface area contributed by atoms with Crippen LogP contribution >= 0.6 is 0 Å². The zero-order valence-electron chi connectivity index (χ0n) is 12.6. The predicted octanol–water partition coefficient (Wildman–Crippen LogP) is 1.31. The fraction of sp³-hybridized carbons (Fsp3) is 0.667. The number of carbonyl (C=O) groups is 2. The van der Waals surface area contributed by atoms with Gasteiger partial charge < -0.3 is 9.47 Å². The third-order valence-electron chi connectivity index (χ3n) is 4.68. The molecule has 0 aromatic carbocycles. The van der Waals surface area contributed by atoms with E-state index < -0.39 is 5.91 Å². The van der Waals surface area contributed by atoms with Crippen LogP contribution < -0.4 is 5.48 Å². The Hall–Kier alpha value is -1.89. The van der Waals surface area contributed by atoms with Crippen LogP contribution in [0.4, 0.5) is 0 Å². The van der Waals surface area contributed by atoms with Gasteiger partial charge in [0, 0.05) is 25.7 Å². The molecule has 22 heavy (non-hydrogen) atoms. The van der Waals surface area contributed by atoms with Crippen molar-refractivity contribution in [1.82, 2.24) is 19.9 Å². The van der Waals surface area contributed by atoms with E-state index in [-0.39, 0.29) is 11.6 Å². The molecule has 7 nitrogen and oxygen atoms in total. The Labute approximate surface area is 129 Å². The van der Waals surface area contributed by atoms with Crippen LogP contribution in [0.25, 0.3) is 0 Å². The van der Waals surface area contributed by atoms with E-state index in [1.54, 1.807) is 11.7 Å². The molecule has 2 N–H and O–H groups in total. The van der Waals surface area contributed by atoms with E-state index in [1.165, 1.54) is 19.3 Å². The number of nitrogens with one attached hydrogen (secondary N) is 1. The Morgan fingerprint density at radius 2 is 2.05 bits per heavy atom. The third-order valence-corrected chi connectivity index (χ3v) is 4.68. The summed E-state index contributed by atoms with van der Waals surface area (Å²) in [6.07, 6.45) is 8.34. The average Bonchev–Trinajstić information content (AvgIpc) is 2.98. The van der Waals surface area contributed by atoms with E-state index in [0.29, 0.717) is 37.8 Å². The van der Waals surface area contributed by atoms with Crippen molar-refractivity contribution in [3.05, 3.63) is 17.7 Å². The van der Waals surface area contributed by atoms with Gasteiger partial charge in [-0.1, -0.05) is 19.3 Å². The summed E-state index contributed by atoms with van der Waals surface area (Å²) in [7, 11) is 0. The maximum Gasteiger partial charge on any atom is 0.294 e. The first-order valence-corrected chi connectivity index (χ1v) is 7.95. The van der Waals surface area contributed by atoms with E-state index >= 15 is 0 Å². The smallest absolute Gasteiger partial charge is 0.294 e. The topological polar surface area (TPSA) is 87.5 Å². The lowest BCUT2D eigenvalue weighted by atomic mass is 9.86. The molecule has 0 radical (unpaired) electrons. The maximum atomic E-state index is 12.4. The molecule has 120 valence electrons. The fourth-order valence-electron chi connectivity index (χ4n) is 3.40. The minimum Gasteiger partial charge on any atom is -0.333 e. The van der Waals surface area contributed by atoms with Gasteiger partial charge in [-0.05, 0) is 18.8 Å². The number of hydrogen-bond acceptors (Lipinski definition) is 4.